The van der Waals surface area contributed by atoms with Crippen LogP contribution in [0.4, 0.5) is 26.3 Å². The fourth-order valence-electron chi connectivity index (χ4n) is 4.01. The summed E-state index contributed by atoms with van der Waals surface area (Å²) in [6.07, 6.45) is -7.84. The van der Waals surface area contributed by atoms with Crippen molar-refractivity contribution in [1.82, 2.24) is 10.3 Å². The van der Waals surface area contributed by atoms with Gasteiger partial charge in [0.05, 0.1) is 24.0 Å². The van der Waals surface area contributed by atoms with Gasteiger partial charge < -0.3 is 15.2 Å². The molecule has 0 bridgehead atoms. The highest BCUT2D eigenvalue weighted by atomic mass is 19.4. The number of aliphatic hydroxyl groups excluding tert-OH is 1. The zero-order valence-corrected chi connectivity index (χ0v) is 20.4. The van der Waals surface area contributed by atoms with E-state index in [1.165, 1.54) is 6.07 Å². The molecule has 1 aliphatic rings. The van der Waals surface area contributed by atoms with Crippen LogP contribution in [0.15, 0.2) is 66.7 Å². The molecule has 0 saturated heterocycles. The SMILES string of the molecule is O[C@H](CNC(COCC1CC1)Cc1ccccc1)c1cc(-c2ccc(C(F)(F)F)cc2)nc(C(F)(F)F)c1. The van der Waals surface area contributed by atoms with E-state index in [4.69, 9.17) is 4.74 Å². The molecule has 0 spiro atoms. The van der Waals surface area contributed by atoms with Gasteiger partial charge in [-0.3, -0.25) is 0 Å². The van der Waals surface area contributed by atoms with Crippen LogP contribution < -0.4 is 5.32 Å². The third kappa shape index (κ3) is 8.02. The van der Waals surface area contributed by atoms with Crippen LogP contribution in [0.3, 0.4) is 0 Å². The number of hydrogen-bond acceptors (Lipinski definition) is 4. The number of alkyl halides is 6. The Morgan fingerprint density at radius 1 is 0.921 bits per heavy atom. The van der Waals surface area contributed by atoms with E-state index in [0.717, 1.165) is 48.7 Å². The van der Waals surface area contributed by atoms with Crippen LogP contribution >= 0.6 is 0 Å². The first-order valence-corrected chi connectivity index (χ1v) is 12.3. The number of benzene rings is 2. The molecule has 4 nitrogen and oxygen atoms in total. The second-order valence-electron chi connectivity index (χ2n) is 9.54. The van der Waals surface area contributed by atoms with E-state index in [2.05, 4.69) is 10.3 Å². The van der Waals surface area contributed by atoms with Crippen molar-refractivity contribution in [3.8, 4) is 11.3 Å². The van der Waals surface area contributed by atoms with Crippen molar-refractivity contribution in [3.63, 3.8) is 0 Å². The summed E-state index contributed by atoms with van der Waals surface area (Å²) in [7, 11) is 0. The van der Waals surface area contributed by atoms with Gasteiger partial charge in [0.15, 0.2) is 0 Å². The minimum absolute atomic E-state index is 0.0490. The molecular formula is C28H28F6N2O2. The third-order valence-corrected chi connectivity index (χ3v) is 6.33. The normalized spacial score (nSPS) is 15.9. The summed E-state index contributed by atoms with van der Waals surface area (Å²) in [5, 5.41) is 14.0. The van der Waals surface area contributed by atoms with Crippen LogP contribution in [-0.2, 0) is 23.5 Å². The summed E-state index contributed by atoms with van der Waals surface area (Å²) in [5.74, 6) is 0.569. The summed E-state index contributed by atoms with van der Waals surface area (Å²) >= 11 is 0. The molecule has 204 valence electrons. The Morgan fingerprint density at radius 3 is 2.21 bits per heavy atom. The number of hydrogen-bond donors (Lipinski definition) is 2. The Labute approximate surface area is 216 Å². The predicted octanol–water partition coefficient (Wildman–Crippen LogP) is 6.45. The Kier molecular flexibility index (Phi) is 8.74. The fourth-order valence-corrected chi connectivity index (χ4v) is 4.01. The molecule has 0 aliphatic heterocycles. The maximum absolute atomic E-state index is 13.6. The van der Waals surface area contributed by atoms with Crippen LogP contribution in [0.5, 0.6) is 0 Å². The standard InChI is InChI=1S/C28H28F6N2O2/c29-27(30,31)22-10-8-20(9-11-22)24-13-21(14-26(36-24)28(32,33)34)25(37)15-35-23(17-38-16-19-6-7-19)12-18-4-2-1-3-5-18/h1-5,8-11,13-14,19,23,25,35,37H,6-7,12,15-17H2/t23?,25-/m1/s1. The van der Waals surface area contributed by atoms with E-state index >= 15 is 0 Å². The number of aromatic nitrogens is 1. The molecule has 1 fully saturated rings. The van der Waals surface area contributed by atoms with Gasteiger partial charge in [-0.05, 0) is 60.6 Å². The second-order valence-corrected chi connectivity index (χ2v) is 9.54. The van der Waals surface area contributed by atoms with Crippen molar-refractivity contribution in [1.29, 1.82) is 0 Å². The van der Waals surface area contributed by atoms with E-state index in [0.29, 0.717) is 25.6 Å². The lowest BCUT2D eigenvalue weighted by Crippen LogP contribution is -2.38. The van der Waals surface area contributed by atoms with Crippen LogP contribution in [0, 0.1) is 5.92 Å². The first-order valence-electron chi connectivity index (χ1n) is 12.3. The van der Waals surface area contributed by atoms with Gasteiger partial charge in [0.2, 0.25) is 0 Å². The summed E-state index contributed by atoms with van der Waals surface area (Å²) in [4.78, 5) is 3.61. The molecule has 3 aromatic rings. The summed E-state index contributed by atoms with van der Waals surface area (Å²) < 4.78 is 85.3. The number of halogens is 6. The number of nitrogens with zero attached hydrogens (tertiary/aromatic N) is 1. The average molecular weight is 539 g/mol. The van der Waals surface area contributed by atoms with Gasteiger partial charge in [-0.2, -0.15) is 26.3 Å². The highest BCUT2D eigenvalue weighted by Crippen LogP contribution is 2.34. The molecule has 38 heavy (non-hydrogen) atoms. The first-order chi connectivity index (χ1) is 18.0. The first kappa shape index (κ1) is 28.1. The van der Waals surface area contributed by atoms with Crippen LogP contribution in [0.2, 0.25) is 0 Å². The number of rotatable bonds is 11. The van der Waals surface area contributed by atoms with Crippen LogP contribution in [0.25, 0.3) is 11.3 Å². The lowest BCUT2D eigenvalue weighted by atomic mass is 10.0. The van der Waals surface area contributed by atoms with Gasteiger partial charge in [0.25, 0.3) is 0 Å². The quantitative estimate of drug-likeness (QED) is 0.276. The Morgan fingerprint density at radius 2 is 1.61 bits per heavy atom. The number of pyridine rings is 1. The highest BCUT2D eigenvalue weighted by Gasteiger charge is 2.34. The predicted molar refractivity (Wildman–Crippen MR) is 130 cm³/mol. The maximum atomic E-state index is 13.6. The molecule has 1 heterocycles. The molecule has 2 aromatic carbocycles. The molecule has 0 radical (unpaired) electrons. The van der Waals surface area contributed by atoms with Gasteiger partial charge in [-0.15, -0.1) is 0 Å². The molecule has 10 heteroatoms. The van der Waals surface area contributed by atoms with Gasteiger partial charge in [-0.1, -0.05) is 42.5 Å². The molecule has 1 unspecified atom stereocenters. The Hall–Kier alpha value is -2.95. The molecular weight excluding hydrogens is 510 g/mol. The van der Waals surface area contributed by atoms with Gasteiger partial charge in [-0.25, -0.2) is 4.98 Å². The molecule has 1 aliphatic carbocycles. The Bertz CT molecular complexity index is 1180. The molecule has 4 rings (SSSR count). The zero-order chi connectivity index (χ0) is 27.3. The van der Waals surface area contributed by atoms with Gasteiger partial charge >= 0.3 is 12.4 Å². The fraction of sp³-hybridized carbons (Fsp3) is 0.393. The second kappa shape index (κ2) is 11.8. The van der Waals surface area contributed by atoms with Crippen molar-refractivity contribution < 1.29 is 36.2 Å². The number of ether oxygens (including phenoxy) is 1. The number of aliphatic hydroxyl groups is 1. The third-order valence-electron chi connectivity index (χ3n) is 6.33. The minimum atomic E-state index is -4.81. The molecule has 1 aromatic heterocycles. The lowest BCUT2D eigenvalue weighted by molar-refractivity contribution is -0.141. The summed E-state index contributed by atoms with van der Waals surface area (Å²) in [6, 6.07) is 15.2. The van der Waals surface area contributed by atoms with Crippen LogP contribution in [-0.4, -0.2) is 35.9 Å². The van der Waals surface area contributed by atoms with Crippen LogP contribution in [0.1, 0.15) is 41.3 Å². The zero-order valence-electron chi connectivity index (χ0n) is 20.4. The number of nitrogens with one attached hydrogen (secondary N) is 1. The van der Waals surface area contributed by atoms with Gasteiger partial charge in [0.1, 0.15) is 5.69 Å². The van der Waals surface area contributed by atoms with Crippen molar-refractivity contribution in [3.05, 3.63) is 89.1 Å². The molecule has 0 amide bonds. The highest BCUT2D eigenvalue weighted by molar-refractivity contribution is 5.61. The smallest absolute Gasteiger partial charge is 0.387 e. The average Bonchev–Trinajstić information content (AvgIpc) is 3.71. The lowest BCUT2D eigenvalue weighted by Gasteiger charge is -2.22. The van der Waals surface area contributed by atoms with Crippen molar-refractivity contribution >= 4 is 0 Å². The van der Waals surface area contributed by atoms with Gasteiger partial charge in [0, 0.05) is 24.8 Å². The molecule has 2 N–H and O–H groups in total. The van der Waals surface area contributed by atoms with Crippen molar-refractivity contribution in [2.75, 3.05) is 19.8 Å². The van der Waals surface area contributed by atoms with Crippen molar-refractivity contribution in [2.24, 2.45) is 5.92 Å². The topological polar surface area (TPSA) is 54.4 Å². The summed E-state index contributed by atoms with van der Waals surface area (Å²) in [6.45, 7) is 0.961. The largest absolute Gasteiger partial charge is 0.433 e. The maximum Gasteiger partial charge on any atom is 0.433 e. The summed E-state index contributed by atoms with van der Waals surface area (Å²) in [5.41, 5.74) is -1.28. The van der Waals surface area contributed by atoms with E-state index in [-0.39, 0.29) is 29.4 Å². The molecule has 1 saturated carbocycles. The van der Waals surface area contributed by atoms with E-state index in [9.17, 15) is 31.4 Å². The molecule has 2 atom stereocenters. The monoisotopic (exact) mass is 538 g/mol. The Balaban J connectivity index is 1.51. The van der Waals surface area contributed by atoms with E-state index in [1.54, 1.807) is 0 Å². The van der Waals surface area contributed by atoms with E-state index < -0.39 is 29.7 Å². The van der Waals surface area contributed by atoms with Crippen molar-refractivity contribution in [2.45, 2.75) is 43.8 Å². The van der Waals surface area contributed by atoms with E-state index in [1.807, 2.05) is 30.3 Å². The minimum Gasteiger partial charge on any atom is -0.387 e.